The van der Waals surface area contributed by atoms with E-state index < -0.39 is 0 Å². The molecule has 0 saturated heterocycles. The SMILES string of the molecule is COCCN1CCOc2cc3[nH]n(-c4cccc(-c5nncn5C(C)C)n4)c(=O)c3cc21. The summed E-state index contributed by atoms with van der Waals surface area (Å²) in [4.78, 5) is 20.1. The molecule has 10 heteroatoms. The Morgan fingerprint density at radius 3 is 2.97 bits per heavy atom. The predicted molar refractivity (Wildman–Crippen MR) is 121 cm³/mol. The maximum absolute atomic E-state index is 13.3. The van der Waals surface area contributed by atoms with E-state index in [0.717, 1.165) is 24.5 Å². The molecule has 0 amide bonds. The molecule has 5 rings (SSSR count). The first-order valence-electron chi connectivity index (χ1n) is 10.6. The molecule has 1 aromatic carbocycles. The van der Waals surface area contributed by atoms with Gasteiger partial charge in [-0.05, 0) is 32.0 Å². The van der Waals surface area contributed by atoms with Gasteiger partial charge in [-0.3, -0.25) is 9.89 Å². The molecule has 0 bridgehead atoms. The van der Waals surface area contributed by atoms with Crippen LogP contribution in [0.4, 0.5) is 5.69 Å². The molecule has 0 saturated carbocycles. The van der Waals surface area contributed by atoms with Gasteiger partial charge < -0.3 is 18.9 Å². The normalized spacial score (nSPS) is 13.6. The van der Waals surface area contributed by atoms with Gasteiger partial charge in [-0.2, -0.15) is 0 Å². The number of fused-ring (bicyclic) bond motifs is 2. The number of hydrogen-bond acceptors (Lipinski definition) is 7. The highest BCUT2D eigenvalue weighted by Gasteiger charge is 2.21. The minimum Gasteiger partial charge on any atom is -0.489 e. The number of H-pyrrole nitrogens is 1. The zero-order valence-electron chi connectivity index (χ0n) is 18.3. The third-order valence-corrected chi connectivity index (χ3v) is 5.61. The van der Waals surface area contributed by atoms with E-state index in [1.54, 1.807) is 19.5 Å². The molecule has 3 aromatic heterocycles. The van der Waals surface area contributed by atoms with Crippen LogP contribution in [0.5, 0.6) is 5.75 Å². The first kappa shape index (κ1) is 20.3. The molecular weight excluding hydrogens is 410 g/mol. The van der Waals surface area contributed by atoms with Gasteiger partial charge in [-0.15, -0.1) is 10.2 Å². The first-order valence-corrected chi connectivity index (χ1v) is 10.6. The van der Waals surface area contributed by atoms with E-state index in [1.165, 1.54) is 4.68 Å². The van der Waals surface area contributed by atoms with Crippen molar-refractivity contribution >= 4 is 16.6 Å². The lowest BCUT2D eigenvalue weighted by Crippen LogP contribution is -2.35. The zero-order chi connectivity index (χ0) is 22.2. The maximum Gasteiger partial charge on any atom is 0.280 e. The number of benzene rings is 1. The largest absolute Gasteiger partial charge is 0.489 e. The number of pyridine rings is 1. The number of rotatable bonds is 6. The molecule has 32 heavy (non-hydrogen) atoms. The fourth-order valence-corrected chi connectivity index (χ4v) is 3.95. The lowest BCUT2D eigenvalue weighted by atomic mass is 10.2. The second kappa shape index (κ2) is 8.12. The molecule has 166 valence electrons. The van der Waals surface area contributed by atoms with Crippen LogP contribution in [0.1, 0.15) is 19.9 Å². The van der Waals surface area contributed by atoms with Crippen molar-refractivity contribution < 1.29 is 9.47 Å². The third kappa shape index (κ3) is 3.42. The third-order valence-electron chi connectivity index (χ3n) is 5.61. The van der Waals surface area contributed by atoms with Crippen LogP contribution < -0.4 is 15.2 Å². The maximum atomic E-state index is 13.3. The molecule has 0 atom stereocenters. The van der Waals surface area contributed by atoms with E-state index >= 15 is 0 Å². The van der Waals surface area contributed by atoms with Gasteiger partial charge in [0, 0.05) is 25.8 Å². The Labute approximate surface area is 184 Å². The quantitative estimate of drug-likeness (QED) is 0.496. The number of anilines is 1. The monoisotopic (exact) mass is 435 g/mol. The van der Waals surface area contributed by atoms with Crippen LogP contribution >= 0.6 is 0 Å². The fourth-order valence-electron chi connectivity index (χ4n) is 3.95. The average molecular weight is 435 g/mol. The fraction of sp³-hybridized carbons (Fsp3) is 0.364. The molecular formula is C22H25N7O3. The molecule has 1 aliphatic heterocycles. The van der Waals surface area contributed by atoms with Crippen molar-refractivity contribution in [3.8, 4) is 23.1 Å². The summed E-state index contributed by atoms with van der Waals surface area (Å²) in [5.41, 5.74) is 2.07. The number of aromatic nitrogens is 6. The first-order chi connectivity index (χ1) is 15.6. The Morgan fingerprint density at radius 2 is 2.16 bits per heavy atom. The van der Waals surface area contributed by atoms with Gasteiger partial charge in [0.25, 0.3) is 5.56 Å². The Bertz CT molecular complexity index is 1320. The van der Waals surface area contributed by atoms with Gasteiger partial charge in [0.1, 0.15) is 24.4 Å². The summed E-state index contributed by atoms with van der Waals surface area (Å²) in [7, 11) is 1.68. The highest BCUT2D eigenvalue weighted by molar-refractivity contribution is 5.86. The molecule has 0 aliphatic carbocycles. The molecule has 0 spiro atoms. The standard InChI is InChI=1S/C22H25N7O3/c1-14(2)28-13-23-25-21(28)16-5-4-6-20(24-16)29-22(30)15-11-18-19(12-17(15)26-29)32-10-8-27(18)7-9-31-3/h4-6,11-14,26H,7-10H2,1-3H3. The van der Waals surface area contributed by atoms with Crippen molar-refractivity contribution in [3.63, 3.8) is 0 Å². The minimum absolute atomic E-state index is 0.171. The van der Waals surface area contributed by atoms with Crippen LogP contribution in [0.15, 0.2) is 41.5 Å². The van der Waals surface area contributed by atoms with E-state index in [1.807, 2.05) is 28.8 Å². The van der Waals surface area contributed by atoms with Crippen LogP contribution in [-0.4, -0.2) is 62.9 Å². The second-order valence-electron chi connectivity index (χ2n) is 7.98. The minimum atomic E-state index is -0.171. The molecule has 0 radical (unpaired) electrons. The number of nitrogens with zero attached hydrogens (tertiary/aromatic N) is 6. The van der Waals surface area contributed by atoms with Crippen molar-refractivity contribution in [2.75, 3.05) is 38.3 Å². The van der Waals surface area contributed by atoms with E-state index in [-0.39, 0.29) is 11.6 Å². The van der Waals surface area contributed by atoms with E-state index in [4.69, 9.17) is 9.47 Å². The lowest BCUT2D eigenvalue weighted by Gasteiger charge is -2.31. The van der Waals surface area contributed by atoms with Crippen molar-refractivity contribution in [1.82, 2.24) is 29.5 Å². The molecule has 4 aromatic rings. The molecule has 10 nitrogen and oxygen atoms in total. The molecule has 1 aliphatic rings. The Hall–Kier alpha value is -3.66. The van der Waals surface area contributed by atoms with Crippen molar-refractivity contribution in [2.45, 2.75) is 19.9 Å². The van der Waals surface area contributed by atoms with Crippen LogP contribution in [0, 0.1) is 0 Å². The lowest BCUT2D eigenvalue weighted by molar-refractivity contribution is 0.201. The highest BCUT2D eigenvalue weighted by atomic mass is 16.5. The van der Waals surface area contributed by atoms with Gasteiger partial charge in [-0.1, -0.05) is 6.07 Å². The second-order valence-corrected chi connectivity index (χ2v) is 7.98. The summed E-state index contributed by atoms with van der Waals surface area (Å²) < 4.78 is 14.5. The number of nitrogens with one attached hydrogen (secondary N) is 1. The number of methoxy groups -OCH3 is 1. The number of aromatic amines is 1. The zero-order valence-corrected chi connectivity index (χ0v) is 18.3. The summed E-state index contributed by atoms with van der Waals surface area (Å²) >= 11 is 0. The van der Waals surface area contributed by atoms with Crippen LogP contribution in [-0.2, 0) is 4.74 Å². The molecule has 0 fully saturated rings. The number of ether oxygens (including phenoxy) is 2. The van der Waals surface area contributed by atoms with Gasteiger partial charge in [-0.25, -0.2) is 9.67 Å². The van der Waals surface area contributed by atoms with Crippen molar-refractivity contribution in [2.24, 2.45) is 0 Å². The van der Waals surface area contributed by atoms with Gasteiger partial charge in [0.15, 0.2) is 11.6 Å². The van der Waals surface area contributed by atoms with Crippen LogP contribution in [0.25, 0.3) is 28.2 Å². The summed E-state index contributed by atoms with van der Waals surface area (Å²) in [6, 6.07) is 9.45. The summed E-state index contributed by atoms with van der Waals surface area (Å²) in [5.74, 6) is 1.89. The highest BCUT2D eigenvalue weighted by Crippen LogP contribution is 2.34. The summed E-state index contributed by atoms with van der Waals surface area (Å²) in [5, 5.41) is 12.0. The van der Waals surface area contributed by atoms with E-state index in [9.17, 15) is 4.79 Å². The van der Waals surface area contributed by atoms with Crippen LogP contribution in [0.2, 0.25) is 0 Å². The van der Waals surface area contributed by atoms with Crippen molar-refractivity contribution in [3.05, 3.63) is 47.0 Å². The summed E-state index contributed by atoms with van der Waals surface area (Å²) in [6.45, 7) is 6.79. The average Bonchev–Trinajstić information content (AvgIpc) is 3.42. The van der Waals surface area contributed by atoms with E-state index in [0.29, 0.717) is 41.5 Å². The Balaban J connectivity index is 1.58. The van der Waals surface area contributed by atoms with Gasteiger partial charge >= 0.3 is 0 Å². The summed E-state index contributed by atoms with van der Waals surface area (Å²) in [6.07, 6.45) is 1.68. The smallest absolute Gasteiger partial charge is 0.280 e. The van der Waals surface area contributed by atoms with Crippen LogP contribution in [0.3, 0.4) is 0 Å². The van der Waals surface area contributed by atoms with Gasteiger partial charge in [0.2, 0.25) is 0 Å². The number of hydrogen-bond donors (Lipinski definition) is 1. The molecule has 4 heterocycles. The van der Waals surface area contributed by atoms with E-state index in [2.05, 4.69) is 39.0 Å². The Kier molecular flexibility index (Phi) is 5.14. The van der Waals surface area contributed by atoms with Gasteiger partial charge in [0.05, 0.1) is 29.7 Å². The molecule has 1 N–H and O–H groups in total. The Morgan fingerprint density at radius 1 is 1.28 bits per heavy atom. The topological polar surface area (TPSA) is 103 Å². The molecule has 0 unspecified atom stereocenters. The van der Waals surface area contributed by atoms with Crippen molar-refractivity contribution in [1.29, 1.82) is 0 Å². The predicted octanol–water partition coefficient (Wildman–Crippen LogP) is 2.40.